The van der Waals surface area contributed by atoms with Gasteiger partial charge in [0.1, 0.15) is 6.61 Å². The molecule has 0 saturated carbocycles. The lowest BCUT2D eigenvalue weighted by Gasteiger charge is -2.36. The Balaban J connectivity index is 1.59. The average Bonchev–Trinajstić information content (AvgIpc) is 3.29. The number of ether oxygens (including phenoxy) is 4. The molecule has 1 atom stereocenters. The van der Waals surface area contributed by atoms with E-state index in [1.54, 1.807) is 27.0 Å². The summed E-state index contributed by atoms with van der Waals surface area (Å²) in [6.07, 6.45) is 1.82. The normalized spacial score (nSPS) is 16.1. The zero-order chi connectivity index (χ0) is 27.0. The number of carbonyl (C=O) groups is 2. The molecule has 0 spiro atoms. The van der Waals surface area contributed by atoms with Crippen LogP contribution in [0.2, 0.25) is 0 Å². The Bertz CT molecular complexity index is 1490. The molecule has 196 valence electrons. The lowest BCUT2D eigenvalue weighted by Crippen LogP contribution is -2.48. The summed E-state index contributed by atoms with van der Waals surface area (Å²) < 4.78 is 23.5. The molecule has 2 heterocycles. The number of aromatic nitrogens is 1. The number of benzene rings is 3. The van der Waals surface area contributed by atoms with Crippen LogP contribution in [-0.2, 0) is 25.7 Å². The minimum absolute atomic E-state index is 0.344. The first kappa shape index (κ1) is 25.9. The van der Waals surface area contributed by atoms with Gasteiger partial charge in [0.25, 0.3) is 5.79 Å². The van der Waals surface area contributed by atoms with E-state index in [9.17, 15) is 9.59 Å². The Morgan fingerprint density at radius 2 is 1.71 bits per heavy atom. The van der Waals surface area contributed by atoms with E-state index in [-0.39, 0.29) is 0 Å². The van der Waals surface area contributed by atoms with E-state index in [0.717, 1.165) is 22.0 Å². The van der Waals surface area contributed by atoms with Gasteiger partial charge in [0.2, 0.25) is 0 Å². The predicted molar refractivity (Wildman–Crippen MR) is 146 cm³/mol. The Morgan fingerprint density at radius 1 is 1.03 bits per heavy atom. The van der Waals surface area contributed by atoms with Crippen molar-refractivity contribution in [3.05, 3.63) is 93.6 Å². The fraction of sp³-hybridized carbons (Fsp3) is 0.267. The third kappa shape index (κ3) is 5.00. The Labute approximate surface area is 229 Å². The number of carbonyl (C=O) groups excluding carboxylic acids is 2. The number of fused-ring (bicyclic) bond motifs is 1. The Kier molecular flexibility index (Phi) is 6.92. The highest BCUT2D eigenvalue weighted by Crippen LogP contribution is 2.45. The first-order valence-electron chi connectivity index (χ1n) is 12.2. The molecule has 1 aromatic heterocycles. The highest BCUT2D eigenvalue weighted by Gasteiger charge is 2.49. The number of esters is 2. The van der Waals surface area contributed by atoms with Gasteiger partial charge in [-0.1, -0.05) is 48.0 Å². The number of rotatable bonds is 7. The van der Waals surface area contributed by atoms with Gasteiger partial charge in [-0.3, -0.25) is 9.59 Å². The molecule has 0 radical (unpaired) electrons. The monoisotopic (exact) mass is 577 g/mol. The van der Waals surface area contributed by atoms with Crippen molar-refractivity contribution in [3.8, 4) is 11.5 Å². The van der Waals surface area contributed by atoms with Gasteiger partial charge in [-0.25, -0.2) is 0 Å². The van der Waals surface area contributed by atoms with E-state index < -0.39 is 29.6 Å². The van der Waals surface area contributed by atoms with Crippen LogP contribution in [0, 0.1) is 12.8 Å². The van der Waals surface area contributed by atoms with Crippen molar-refractivity contribution in [1.29, 1.82) is 0 Å². The maximum absolute atomic E-state index is 13.3. The van der Waals surface area contributed by atoms with Gasteiger partial charge < -0.3 is 23.9 Å². The second-order valence-electron chi connectivity index (χ2n) is 9.80. The van der Waals surface area contributed by atoms with Gasteiger partial charge in [-0.2, -0.15) is 0 Å². The Morgan fingerprint density at radius 3 is 2.39 bits per heavy atom. The predicted octanol–water partition coefficient (Wildman–Crippen LogP) is 6.41. The summed E-state index contributed by atoms with van der Waals surface area (Å²) in [6.45, 7) is 5.46. The summed E-state index contributed by atoms with van der Waals surface area (Å²) in [4.78, 5) is 29.8. The molecular formula is C30H28BrNO6. The molecule has 1 N–H and O–H groups in total. The van der Waals surface area contributed by atoms with Gasteiger partial charge >= 0.3 is 11.9 Å². The smallest absolute Gasteiger partial charge is 0.324 e. The number of hydrogen-bond acceptors (Lipinski definition) is 6. The summed E-state index contributed by atoms with van der Waals surface area (Å²) in [7, 11) is 1.55. The van der Waals surface area contributed by atoms with Crippen LogP contribution in [0.1, 0.15) is 42.0 Å². The zero-order valence-corrected chi connectivity index (χ0v) is 23.1. The van der Waals surface area contributed by atoms with Gasteiger partial charge in [-0.05, 0) is 57.7 Å². The number of aryl methyl sites for hydroxylation is 1. The van der Waals surface area contributed by atoms with Crippen LogP contribution < -0.4 is 9.47 Å². The van der Waals surface area contributed by atoms with Crippen LogP contribution in [0.15, 0.2) is 71.3 Å². The minimum atomic E-state index is -1.33. The lowest BCUT2D eigenvalue weighted by molar-refractivity contribution is -0.240. The quantitative estimate of drug-likeness (QED) is 0.202. The van der Waals surface area contributed by atoms with E-state index >= 15 is 0 Å². The SMILES string of the molecule is COc1cc([C@@H](c2c[nH]c3ccccc23)C2C(=O)OC(C)(C)OC2=O)cc(Br)c1OCc1ccc(C)cc1. The lowest BCUT2D eigenvalue weighted by atomic mass is 9.80. The molecule has 0 bridgehead atoms. The van der Waals surface area contributed by atoms with Crippen molar-refractivity contribution in [3.63, 3.8) is 0 Å². The zero-order valence-electron chi connectivity index (χ0n) is 21.5. The number of cyclic esters (lactones) is 2. The summed E-state index contributed by atoms with van der Waals surface area (Å²) in [5.74, 6) is -3.56. The standard InChI is InChI=1S/C30H28BrNO6/c1-17-9-11-18(12-10-17)16-36-27-22(31)13-19(14-24(27)35-4)25(21-15-32-23-8-6-5-7-20(21)23)26-28(33)37-30(2,3)38-29(26)34/h5-15,25-26,32H,16H2,1-4H3/t25-/m0/s1. The van der Waals surface area contributed by atoms with Crippen LogP contribution in [0.25, 0.3) is 10.9 Å². The van der Waals surface area contributed by atoms with E-state index in [0.29, 0.717) is 28.1 Å². The highest BCUT2D eigenvalue weighted by molar-refractivity contribution is 9.10. The second kappa shape index (κ2) is 10.2. The first-order chi connectivity index (χ1) is 18.2. The van der Waals surface area contributed by atoms with Crippen LogP contribution in [0.5, 0.6) is 11.5 Å². The van der Waals surface area contributed by atoms with Gasteiger partial charge in [0, 0.05) is 36.9 Å². The summed E-state index contributed by atoms with van der Waals surface area (Å²) in [5, 5.41) is 0.887. The van der Waals surface area contributed by atoms with E-state index in [1.807, 2.05) is 67.7 Å². The van der Waals surface area contributed by atoms with Crippen LogP contribution in [0.4, 0.5) is 0 Å². The summed E-state index contributed by atoms with van der Waals surface area (Å²) in [6, 6.07) is 19.4. The molecular weight excluding hydrogens is 550 g/mol. The fourth-order valence-electron chi connectivity index (χ4n) is 4.80. The molecule has 0 unspecified atom stereocenters. The van der Waals surface area contributed by atoms with Crippen LogP contribution >= 0.6 is 15.9 Å². The van der Waals surface area contributed by atoms with E-state index in [1.165, 1.54) is 5.56 Å². The number of aromatic amines is 1. The molecule has 38 heavy (non-hydrogen) atoms. The first-order valence-corrected chi connectivity index (χ1v) is 13.0. The van der Waals surface area contributed by atoms with Crippen LogP contribution in [-0.4, -0.2) is 29.8 Å². The third-order valence-electron chi connectivity index (χ3n) is 6.60. The van der Waals surface area contributed by atoms with Gasteiger partial charge in [-0.15, -0.1) is 0 Å². The van der Waals surface area contributed by atoms with Gasteiger partial charge in [0.05, 0.1) is 11.6 Å². The largest absolute Gasteiger partial charge is 0.493 e. The summed E-state index contributed by atoms with van der Waals surface area (Å²) in [5.41, 5.74) is 4.50. The van der Waals surface area contributed by atoms with Crippen molar-refractivity contribution in [2.75, 3.05) is 7.11 Å². The number of hydrogen-bond donors (Lipinski definition) is 1. The molecule has 1 aliphatic rings. The number of halogens is 1. The third-order valence-corrected chi connectivity index (χ3v) is 7.19. The molecule has 3 aromatic carbocycles. The maximum Gasteiger partial charge on any atom is 0.324 e. The van der Waals surface area contributed by atoms with Crippen LogP contribution in [0.3, 0.4) is 0 Å². The topological polar surface area (TPSA) is 86.9 Å². The molecule has 1 saturated heterocycles. The summed E-state index contributed by atoms with van der Waals surface area (Å²) >= 11 is 3.63. The fourth-order valence-corrected chi connectivity index (χ4v) is 5.38. The van der Waals surface area contributed by atoms with E-state index in [2.05, 4.69) is 20.9 Å². The minimum Gasteiger partial charge on any atom is -0.493 e. The average molecular weight is 578 g/mol. The molecule has 0 amide bonds. The molecule has 5 rings (SSSR count). The maximum atomic E-state index is 13.3. The van der Waals surface area contributed by atoms with Crippen molar-refractivity contribution >= 4 is 38.8 Å². The molecule has 7 nitrogen and oxygen atoms in total. The number of nitrogens with one attached hydrogen (secondary N) is 1. The molecule has 0 aliphatic carbocycles. The molecule has 1 fully saturated rings. The second-order valence-corrected chi connectivity index (χ2v) is 10.6. The van der Waals surface area contributed by atoms with Gasteiger partial charge in [0.15, 0.2) is 17.4 Å². The number of H-pyrrole nitrogens is 1. The molecule has 1 aliphatic heterocycles. The van der Waals surface area contributed by atoms with Crippen molar-refractivity contribution in [1.82, 2.24) is 4.98 Å². The highest BCUT2D eigenvalue weighted by atomic mass is 79.9. The Hall–Kier alpha value is -3.78. The van der Waals surface area contributed by atoms with Crippen molar-refractivity contribution < 1.29 is 28.5 Å². The van der Waals surface area contributed by atoms with Crippen molar-refractivity contribution in [2.45, 2.75) is 39.1 Å². The molecule has 4 aromatic rings. The van der Waals surface area contributed by atoms with Crippen molar-refractivity contribution in [2.24, 2.45) is 5.92 Å². The number of para-hydroxylation sites is 1. The molecule has 8 heteroatoms. The number of methoxy groups -OCH3 is 1. The van der Waals surface area contributed by atoms with E-state index in [4.69, 9.17) is 18.9 Å².